The summed E-state index contributed by atoms with van der Waals surface area (Å²) in [5.74, 6) is 0.412. The van der Waals surface area contributed by atoms with Crippen molar-refractivity contribution in [2.24, 2.45) is 5.92 Å². The van der Waals surface area contributed by atoms with Crippen molar-refractivity contribution < 1.29 is 9.84 Å². The summed E-state index contributed by atoms with van der Waals surface area (Å²) in [5.41, 5.74) is 0. The summed E-state index contributed by atoms with van der Waals surface area (Å²) in [6, 6.07) is 0. The van der Waals surface area contributed by atoms with Gasteiger partial charge in [0.25, 0.3) is 0 Å². The standard InChI is InChI=1S/C7H14O2/c1-9-7-4-2-3-6(7)5-8/h6-8H,2-5H2,1H3/t6?,7-/m0/s1. The molecule has 54 valence electrons. The van der Waals surface area contributed by atoms with Crippen LogP contribution >= 0.6 is 0 Å². The van der Waals surface area contributed by atoms with Gasteiger partial charge in [-0.2, -0.15) is 0 Å². The number of rotatable bonds is 2. The second kappa shape index (κ2) is 3.18. The third kappa shape index (κ3) is 1.43. The molecule has 0 bridgehead atoms. The van der Waals surface area contributed by atoms with Gasteiger partial charge >= 0.3 is 0 Å². The second-order valence-corrected chi connectivity index (χ2v) is 2.65. The molecule has 2 atom stereocenters. The van der Waals surface area contributed by atoms with Crippen LogP contribution in [0.25, 0.3) is 0 Å². The van der Waals surface area contributed by atoms with Crippen LogP contribution in [0.5, 0.6) is 0 Å². The topological polar surface area (TPSA) is 29.5 Å². The van der Waals surface area contributed by atoms with Gasteiger partial charge in [-0.1, -0.05) is 6.42 Å². The molecule has 0 aromatic carbocycles. The van der Waals surface area contributed by atoms with E-state index in [9.17, 15) is 0 Å². The van der Waals surface area contributed by atoms with Crippen LogP contribution in [0.4, 0.5) is 0 Å². The van der Waals surface area contributed by atoms with Crippen LogP contribution < -0.4 is 0 Å². The Hall–Kier alpha value is -0.0800. The molecule has 0 spiro atoms. The Kier molecular flexibility index (Phi) is 2.49. The molecule has 9 heavy (non-hydrogen) atoms. The van der Waals surface area contributed by atoms with E-state index >= 15 is 0 Å². The van der Waals surface area contributed by atoms with E-state index in [1.165, 1.54) is 6.42 Å². The fourth-order valence-corrected chi connectivity index (χ4v) is 1.52. The van der Waals surface area contributed by atoms with E-state index in [2.05, 4.69) is 0 Å². The number of aliphatic hydroxyl groups excluding tert-OH is 1. The van der Waals surface area contributed by atoms with Crippen molar-refractivity contribution in [3.63, 3.8) is 0 Å². The Labute approximate surface area is 55.8 Å². The van der Waals surface area contributed by atoms with Crippen molar-refractivity contribution in [2.45, 2.75) is 25.4 Å². The van der Waals surface area contributed by atoms with Gasteiger partial charge in [-0.15, -0.1) is 0 Å². The van der Waals surface area contributed by atoms with Gasteiger partial charge in [-0.3, -0.25) is 0 Å². The SMILES string of the molecule is CO[C@H]1CCCC1CO. The Balaban J connectivity index is 2.32. The molecule has 2 nitrogen and oxygen atoms in total. The molecule has 1 saturated carbocycles. The predicted octanol–water partition coefficient (Wildman–Crippen LogP) is 0.794. The molecule has 0 aromatic rings. The van der Waals surface area contributed by atoms with E-state index in [0.717, 1.165) is 12.8 Å². The fraction of sp³-hybridized carbons (Fsp3) is 1.00. The first-order valence-electron chi connectivity index (χ1n) is 3.52. The molecule has 1 rings (SSSR count). The maximum atomic E-state index is 8.79. The highest BCUT2D eigenvalue weighted by molar-refractivity contribution is 4.76. The van der Waals surface area contributed by atoms with Crippen molar-refractivity contribution in [3.8, 4) is 0 Å². The Morgan fingerprint density at radius 3 is 2.78 bits per heavy atom. The molecule has 1 aliphatic carbocycles. The molecule has 1 N–H and O–H groups in total. The van der Waals surface area contributed by atoms with Crippen LogP contribution in [-0.2, 0) is 4.74 Å². The molecule has 0 saturated heterocycles. The number of ether oxygens (including phenoxy) is 1. The van der Waals surface area contributed by atoms with Gasteiger partial charge in [0.05, 0.1) is 6.10 Å². The fourth-order valence-electron chi connectivity index (χ4n) is 1.52. The first-order chi connectivity index (χ1) is 4.38. The zero-order valence-corrected chi connectivity index (χ0v) is 5.84. The molecule has 0 amide bonds. The zero-order chi connectivity index (χ0) is 6.69. The summed E-state index contributed by atoms with van der Waals surface area (Å²) in [7, 11) is 1.72. The van der Waals surface area contributed by atoms with Crippen LogP contribution in [0.15, 0.2) is 0 Å². The molecule has 1 unspecified atom stereocenters. The van der Waals surface area contributed by atoms with Gasteiger partial charge in [0.15, 0.2) is 0 Å². The van der Waals surface area contributed by atoms with Gasteiger partial charge in [-0.25, -0.2) is 0 Å². The minimum atomic E-state index is 0.290. The maximum absolute atomic E-state index is 8.79. The minimum absolute atomic E-state index is 0.290. The van der Waals surface area contributed by atoms with Crippen molar-refractivity contribution in [1.29, 1.82) is 0 Å². The Morgan fingerprint density at radius 1 is 1.56 bits per heavy atom. The van der Waals surface area contributed by atoms with E-state index in [4.69, 9.17) is 9.84 Å². The summed E-state index contributed by atoms with van der Waals surface area (Å²) in [4.78, 5) is 0. The molecule has 1 fully saturated rings. The lowest BCUT2D eigenvalue weighted by Gasteiger charge is -2.14. The van der Waals surface area contributed by atoms with Gasteiger partial charge in [0.1, 0.15) is 0 Å². The number of hydrogen-bond donors (Lipinski definition) is 1. The first-order valence-corrected chi connectivity index (χ1v) is 3.52. The van der Waals surface area contributed by atoms with E-state index < -0.39 is 0 Å². The lowest BCUT2D eigenvalue weighted by atomic mass is 10.1. The minimum Gasteiger partial charge on any atom is -0.396 e. The van der Waals surface area contributed by atoms with Crippen molar-refractivity contribution in [2.75, 3.05) is 13.7 Å². The van der Waals surface area contributed by atoms with Crippen LogP contribution in [0.3, 0.4) is 0 Å². The van der Waals surface area contributed by atoms with E-state index in [-0.39, 0.29) is 0 Å². The molecule has 0 heterocycles. The normalized spacial score (nSPS) is 35.3. The van der Waals surface area contributed by atoms with Gasteiger partial charge < -0.3 is 9.84 Å². The average molecular weight is 130 g/mol. The molecular weight excluding hydrogens is 116 g/mol. The number of aliphatic hydroxyl groups is 1. The monoisotopic (exact) mass is 130 g/mol. The van der Waals surface area contributed by atoms with Crippen molar-refractivity contribution in [1.82, 2.24) is 0 Å². The number of methoxy groups -OCH3 is 1. The molecule has 0 aliphatic heterocycles. The van der Waals surface area contributed by atoms with Gasteiger partial charge in [0.2, 0.25) is 0 Å². The molecule has 0 radical (unpaired) electrons. The zero-order valence-electron chi connectivity index (χ0n) is 5.84. The van der Waals surface area contributed by atoms with Crippen LogP contribution in [-0.4, -0.2) is 24.9 Å². The largest absolute Gasteiger partial charge is 0.396 e. The quantitative estimate of drug-likeness (QED) is 0.599. The summed E-state index contributed by atoms with van der Waals surface area (Å²) in [6.07, 6.45) is 3.80. The third-order valence-corrected chi connectivity index (χ3v) is 2.13. The molecule has 2 heteroatoms. The highest BCUT2D eigenvalue weighted by Crippen LogP contribution is 2.26. The second-order valence-electron chi connectivity index (χ2n) is 2.65. The van der Waals surface area contributed by atoms with Crippen LogP contribution in [0.2, 0.25) is 0 Å². The van der Waals surface area contributed by atoms with E-state index in [1.807, 2.05) is 0 Å². The van der Waals surface area contributed by atoms with Gasteiger partial charge in [0, 0.05) is 19.6 Å². The van der Waals surface area contributed by atoms with Gasteiger partial charge in [-0.05, 0) is 12.8 Å². The van der Waals surface area contributed by atoms with E-state index in [0.29, 0.717) is 18.6 Å². The summed E-state index contributed by atoms with van der Waals surface area (Å²) >= 11 is 0. The average Bonchev–Trinajstić information content (AvgIpc) is 2.33. The molecular formula is C7H14O2. The third-order valence-electron chi connectivity index (χ3n) is 2.13. The van der Waals surface area contributed by atoms with Crippen molar-refractivity contribution >= 4 is 0 Å². The smallest absolute Gasteiger partial charge is 0.0621 e. The van der Waals surface area contributed by atoms with E-state index in [1.54, 1.807) is 7.11 Å². The highest BCUT2D eigenvalue weighted by Gasteiger charge is 2.25. The van der Waals surface area contributed by atoms with Crippen molar-refractivity contribution in [3.05, 3.63) is 0 Å². The lowest BCUT2D eigenvalue weighted by Crippen LogP contribution is -2.19. The maximum Gasteiger partial charge on any atom is 0.0621 e. The Bertz CT molecular complexity index is 73.0. The summed E-state index contributed by atoms with van der Waals surface area (Å²) in [5, 5.41) is 8.79. The summed E-state index contributed by atoms with van der Waals surface area (Å²) in [6.45, 7) is 0.290. The molecule has 0 aromatic heterocycles. The van der Waals surface area contributed by atoms with Crippen LogP contribution in [0.1, 0.15) is 19.3 Å². The lowest BCUT2D eigenvalue weighted by molar-refractivity contribution is 0.0461. The highest BCUT2D eigenvalue weighted by atomic mass is 16.5. The Morgan fingerprint density at radius 2 is 2.33 bits per heavy atom. The predicted molar refractivity (Wildman–Crippen MR) is 35.2 cm³/mol. The first kappa shape index (κ1) is 7.03. The number of hydrogen-bond acceptors (Lipinski definition) is 2. The van der Waals surface area contributed by atoms with Crippen LogP contribution in [0, 0.1) is 5.92 Å². The molecule has 1 aliphatic rings. The summed E-state index contributed by atoms with van der Waals surface area (Å²) < 4.78 is 5.15.